The second-order valence-corrected chi connectivity index (χ2v) is 14.1. The summed E-state index contributed by atoms with van der Waals surface area (Å²) < 4.78 is 13.7. The Balaban J connectivity index is 1.45. The van der Waals surface area contributed by atoms with Crippen LogP contribution in [0.3, 0.4) is 0 Å². The van der Waals surface area contributed by atoms with Crippen LogP contribution in [0.4, 0.5) is 10.1 Å². The van der Waals surface area contributed by atoms with Gasteiger partial charge in [-0.2, -0.15) is 5.01 Å². The molecule has 1 saturated carbocycles. The summed E-state index contributed by atoms with van der Waals surface area (Å²) in [5.74, 6) is -5.29. The highest BCUT2D eigenvalue weighted by Gasteiger charge is 2.70. The van der Waals surface area contributed by atoms with E-state index in [9.17, 15) is 23.9 Å². The fraction of sp³-hybridized carbons (Fsp3) is 0.333. The normalized spacial score (nSPS) is 29.0. The molecule has 0 unspecified atom stereocenters. The van der Waals surface area contributed by atoms with E-state index in [4.69, 9.17) is 11.6 Å². The van der Waals surface area contributed by atoms with Crippen molar-refractivity contribution in [1.29, 1.82) is 0 Å². The molecule has 236 valence electrons. The lowest BCUT2D eigenvalue weighted by Gasteiger charge is -2.50. The monoisotopic (exact) mass is 641 g/mol. The number of aromatic hydroxyl groups is 1. The SMILES string of the molecule is CC(C)(C)N1C(=O)[C@H]2[C@H](CC=C3[C@H]2C[C@H]2C(=O)N(Nc4ccc(F)cc4)C(=O)[C@@]2(c2ccc(Cl)cc2)[C@H]3c2ccc(O)cc2)C1=O. The Morgan fingerprint density at radius 2 is 1.52 bits per heavy atom. The van der Waals surface area contributed by atoms with E-state index >= 15 is 4.79 Å². The average molecular weight is 642 g/mol. The molecule has 2 saturated heterocycles. The second kappa shape index (κ2) is 10.5. The Labute approximate surface area is 270 Å². The third-order valence-electron chi connectivity index (χ3n) is 10.2. The second-order valence-electron chi connectivity index (χ2n) is 13.6. The van der Waals surface area contributed by atoms with Gasteiger partial charge < -0.3 is 5.11 Å². The molecule has 3 fully saturated rings. The number of imide groups is 2. The highest BCUT2D eigenvalue weighted by molar-refractivity contribution is 6.30. The molecular formula is C36H33ClFN3O5. The minimum absolute atomic E-state index is 0.0386. The molecule has 8 nitrogen and oxygen atoms in total. The molecule has 4 amide bonds. The molecule has 2 heterocycles. The molecule has 2 N–H and O–H groups in total. The van der Waals surface area contributed by atoms with Crippen LogP contribution in [0.2, 0.25) is 5.02 Å². The molecule has 0 spiro atoms. The molecule has 7 rings (SSSR count). The Morgan fingerprint density at radius 3 is 2.15 bits per heavy atom. The third-order valence-corrected chi connectivity index (χ3v) is 10.4. The van der Waals surface area contributed by atoms with Gasteiger partial charge in [-0.15, -0.1) is 0 Å². The summed E-state index contributed by atoms with van der Waals surface area (Å²) in [6, 6.07) is 18.8. The van der Waals surface area contributed by atoms with E-state index in [1.165, 1.54) is 41.3 Å². The highest BCUT2D eigenvalue weighted by Crippen LogP contribution is 2.64. The predicted molar refractivity (Wildman–Crippen MR) is 169 cm³/mol. The van der Waals surface area contributed by atoms with Crippen LogP contribution in [-0.2, 0) is 24.6 Å². The van der Waals surface area contributed by atoms with Crippen LogP contribution in [0.5, 0.6) is 5.75 Å². The summed E-state index contributed by atoms with van der Waals surface area (Å²) in [5, 5.41) is 11.7. The lowest BCUT2D eigenvalue weighted by Crippen LogP contribution is -2.53. The minimum Gasteiger partial charge on any atom is -0.508 e. The molecular weight excluding hydrogens is 609 g/mol. The smallest absolute Gasteiger partial charge is 0.260 e. The number of hydrogen-bond acceptors (Lipinski definition) is 6. The van der Waals surface area contributed by atoms with Crippen molar-refractivity contribution in [2.45, 2.75) is 50.5 Å². The highest BCUT2D eigenvalue weighted by atomic mass is 35.5. The van der Waals surface area contributed by atoms with Crippen molar-refractivity contribution in [2.75, 3.05) is 5.43 Å². The number of amides is 4. The number of allylic oxidation sites excluding steroid dienone is 2. The van der Waals surface area contributed by atoms with Crippen molar-refractivity contribution >= 4 is 40.9 Å². The van der Waals surface area contributed by atoms with Gasteiger partial charge in [-0.05, 0) is 99.2 Å². The number of nitrogens with one attached hydrogen (secondary N) is 1. The number of carbonyl (C=O) groups is 4. The average Bonchev–Trinajstić information content (AvgIpc) is 3.40. The summed E-state index contributed by atoms with van der Waals surface area (Å²) in [6.07, 6.45) is 2.47. The van der Waals surface area contributed by atoms with Crippen molar-refractivity contribution < 1.29 is 28.7 Å². The van der Waals surface area contributed by atoms with Gasteiger partial charge in [0.05, 0.1) is 28.9 Å². The molecule has 2 aliphatic carbocycles. The first-order valence-electron chi connectivity index (χ1n) is 15.4. The minimum atomic E-state index is -1.46. The molecule has 6 atom stereocenters. The lowest BCUT2D eigenvalue weighted by atomic mass is 9.49. The number of anilines is 1. The van der Waals surface area contributed by atoms with Crippen LogP contribution in [0.15, 0.2) is 84.4 Å². The van der Waals surface area contributed by atoms with Gasteiger partial charge in [-0.1, -0.05) is 47.5 Å². The third kappa shape index (κ3) is 4.31. The fourth-order valence-electron chi connectivity index (χ4n) is 8.36. The van der Waals surface area contributed by atoms with Crippen LogP contribution in [-0.4, -0.2) is 44.2 Å². The maximum Gasteiger partial charge on any atom is 0.260 e. The number of benzene rings is 3. The number of phenols is 1. The number of rotatable bonds is 4. The maximum atomic E-state index is 15.0. The van der Waals surface area contributed by atoms with Crippen molar-refractivity contribution in [1.82, 2.24) is 9.91 Å². The first kappa shape index (κ1) is 30.2. The summed E-state index contributed by atoms with van der Waals surface area (Å²) >= 11 is 6.31. The zero-order chi connectivity index (χ0) is 32.7. The standard InChI is InChI=1S/C36H33ClFN3O5/c1-35(2,3)40-31(43)26-17-16-25-27(29(26)33(40)45)18-28-32(44)41(39-23-12-10-22(38)11-13-23)34(46)36(28,20-6-8-21(37)9-7-20)30(25)19-4-14-24(42)15-5-19/h4-16,26-30,39,42H,17-18H2,1-3H3/t26-,27+,28-,29-,30-,36+/m0/s1. The number of carbonyl (C=O) groups excluding carboxylic acids is 4. The molecule has 10 heteroatoms. The van der Waals surface area contributed by atoms with Crippen molar-refractivity contribution in [3.05, 3.63) is 106 Å². The van der Waals surface area contributed by atoms with Gasteiger partial charge in [0.25, 0.3) is 11.8 Å². The first-order chi connectivity index (χ1) is 21.8. The molecule has 3 aromatic carbocycles. The molecule has 3 aromatic rings. The quantitative estimate of drug-likeness (QED) is 0.269. The van der Waals surface area contributed by atoms with Crippen LogP contribution >= 0.6 is 11.6 Å². The van der Waals surface area contributed by atoms with Gasteiger partial charge in [-0.25, -0.2) is 4.39 Å². The van der Waals surface area contributed by atoms with Gasteiger partial charge in [0.1, 0.15) is 11.6 Å². The van der Waals surface area contributed by atoms with E-state index in [1.807, 2.05) is 26.8 Å². The lowest BCUT2D eigenvalue weighted by molar-refractivity contribution is -0.146. The number of fused-ring (bicyclic) bond motifs is 4. The number of likely N-dealkylation sites (tertiary alicyclic amines) is 1. The molecule has 46 heavy (non-hydrogen) atoms. The predicted octanol–water partition coefficient (Wildman–Crippen LogP) is 5.97. The van der Waals surface area contributed by atoms with E-state index in [0.717, 1.165) is 10.6 Å². The number of halogens is 2. The summed E-state index contributed by atoms with van der Waals surface area (Å²) in [5.41, 5.74) is 3.18. The molecule has 0 bridgehead atoms. The number of nitrogens with zero attached hydrogens (tertiary/aromatic N) is 2. The molecule has 4 aliphatic rings. The Bertz CT molecular complexity index is 1800. The zero-order valence-electron chi connectivity index (χ0n) is 25.5. The van der Waals surface area contributed by atoms with Gasteiger partial charge in [0, 0.05) is 16.5 Å². The van der Waals surface area contributed by atoms with Crippen molar-refractivity contribution in [3.8, 4) is 5.75 Å². The largest absolute Gasteiger partial charge is 0.508 e. The van der Waals surface area contributed by atoms with Gasteiger partial charge >= 0.3 is 0 Å². The molecule has 2 aliphatic heterocycles. The number of hydrogen-bond donors (Lipinski definition) is 2. The van der Waals surface area contributed by atoms with Crippen LogP contribution in [0, 0.1) is 29.5 Å². The Kier molecular flexibility index (Phi) is 6.90. The van der Waals surface area contributed by atoms with Crippen LogP contribution < -0.4 is 5.43 Å². The zero-order valence-corrected chi connectivity index (χ0v) is 26.3. The Hall–Kier alpha value is -4.50. The van der Waals surface area contributed by atoms with Crippen LogP contribution in [0.25, 0.3) is 0 Å². The first-order valence-corrected chi connectivity index (χ1v) is 15.7. The molecule has 0 aromatic heterocycles. The van der Waals surface area contributed by atoms with E-state index in [2.05, 4.69) is 5.43 Å². The van der Waals surface area contributed by atoms with Crippen LogP contribution in [0.1, 0.15) is 50.7 Å². The van der Waals surface area contributed by atoms with Gasteiger partial charge in [0.15, 0.2) is 0 Å². The van der Waals surface area contributed by atoms with E-state index in [-0.39, 0.29) is 24.0 Å². The summed E-state index contributed by atoms with van der Waals surface area (Å²) in [4.78, 5) is 58.7. The molecule has 0 radical (unpaired) electrons. The topological polar surface area (TPSA) is 107 Å². The summed E-state index contributed by atoms with van der Waals surface area (Å²) in [6.45, 7) is 5.49. The van der Waals surface area contributed by atoms with E-state index < -0.39 is 58.2 Å². The number of phenolic OH excluding ortho intramolecular Hbond substituents is 1. The van der Waals surface area contributed by atoms with Crippen molar-refractivity contribution in [2.24, 2.45) is 23.7 Å². The number of hydrazine groups is 1. The van der Waals surface area contributed by atoms with E-state index in [0.29, 0.717) is 28.3 Å². The van der Waals surface area contributed by atoms with Gasteiger partial charge in [-0.3, -0.25) is 29.5 Å². The maximum absolute atomic E-state index is 15.0. The Morgan fingerprint density at radius 1 is 0.870 bits per heavy atom. The fourth-order valence-corrected chi connectivity index (χ4v) is 8.48. The van der Waals surface area contributed by atoms with Gasteiger partial charge in [0.2, 0.25) is 11.8 Å². The van der Waals surface area contributed by atoms with E-state index in [1.54, 1.807) is 36.4 Å². The van der Waals surface area contributed by atoms with Crippen molar-refractivity contribution in [3.63, 3.8) is 0 Å². The summed E-state index contributed by atoms with van der Waals surface area (Å²) in [7, 11) is 0.